The van der Waals surface area contributed by atoms with E-state index in [1.165, 1.54) is 22.1 Å². The van der Waals surface area contributed by atoms with Gasteiger partial charge in [0.15, 0.2) is 0 Å². The Morgan fingerprint density at radius 3 is 2.37 bits per heavy atom. The summed E-state index contributed by atoms with van der Waals surface area (Å²) in [7, 11) is 0. The average molecular weight is 555 g/mol. The zero-order valence-corrected chi connectivity index (χ0v) is 24.3. The van der Waals surface area contributed by atoms with Gasteiger partial charge in [0.05, 0.1) is 5.69 Å². The van der Waals surface area contributed by atoms with Gasteiger partial charge in [-0.2, -0.15) is 0 Å². The van der Waals surface area contributed by atoms with Crippen LogP contribution in [0.4, 0.5) is 5.69 Å². The number of rotatable bonds is 7. The van der Waals surface area contributed by atoms with E-state index in [1.54, 1.807) is 31.3 Å². The van der Waals surface area contributed by atoms with Crippen molar-refractivity contribution < 1.29 is 19.5 Å². The number of phenols is 1. The maximum absolute atomic E-state index is 14.7. The summed E-state index contributed by atoms with van der Waals surface area (Å²) in [6, 6.07) is 14.5. The van der Waals surface area contributed by atoms with Gasteiger partial charge in [-0.3, -0.25) is 19.4 Å². The van der Waals surface area contributed by atoms with Crippen molar-refractivity contribution in [1.29, 1.82) is 0 Å². The summed E-state index contributed by atoms with van der Waals surface area (Å²) in [4.78, 5) is 49.1. The topological polar surface area (TPSA) is 112 Å². The van der Waals surface area contributed by atoms with Crippen LogP contribution in [0.15, 0.2) is 60.8 Å². The van der Waals surface area contributed by atoms with E-state index < -0.39 is 23.5 Å². The fourth-order valence-electron chi connectivity index (χ4n) is 6.41. The Labute approximate surface area is 241 Å². The molecule has 3 amide bonds. The number of aryl methyl sites for hydroxylation is 2. The second-order valence-electron chi connectivity index (χ2n) is 11.6. The quantitative estimate of drug-likeness (QED) is 0.369. The van der Waals surface area contributed by atoms with Gasteiger partial charge < -0.3 is 20.6 Å². The normalized spacial score (nSPS) is 22.2. The van der Waals surface area contributed by atoms with Crippen LogP contribution in [-0.2, 0) is 27.2 Å². The Kier molecular flexibility index (Phi) is 7.60. The molecule has 1 aromatic heterocycles. The molecule has 0 bridgehead atoms. The van der Waals surface area contributed by atoms with Gasteiger partial charge >= 0.3 is 0 Å². The second-order valence-corrected chi connectivity index (χ2v) is 11.6. The molecule has 8 heteroatoms. The number of benzene rings is 2. The highest BCUT2D eigenvalue weighted by atomic mass is 16.3. The Morgan fingerprint density at radius 1 is 1.12 bits per heavy atom. The Morgan fingerprint density at radius 2 is 1.76 bits per heavy atom. The van der Waals surface area contributed by atoms with Crippen molar-refractivity contribution in [1.82, 2.24) is 15.2 Å². The number of hydrogen-bond acceptors (Lipinski definition) is 5. The molecule has 2 heterocycles. The molecule has 2 aliphatic rings. The van der Waals surface area contributed by atoms with Gasteiger partial charge in [0.25, 0.3) is 5.91 Å². The van der Waals surface area contributed by atoms with Crippen molar-refractivity contribution in [2.45, 2.75) is 71.5 Å². The number of phenolic OH excluding ortho intramolecular Hbond substituents is 1. The summed E-state index contributed by atoms with van der Waals surface area (Å²) in [5.41, 5.74) is 3.36. The Bertz CT molecular complexity index is 1480. The first-order valence-electron chi connectivity index (χ1n) is 14.3. The van der Waals surface area contributed by atoms with Crippen molar-refractivity contribution in [3.05, 3.63) is 88.7 Å². The van der Waals surface area contributed by atoms with E-state index in [2.05, 4.69) is 27.8 Å². The molecule has 4 atom stereocenters. The van der Waals surface area contributed by atoms with Crippen molar-refractivity contribution in [3.63, 3.8) is 0 Å². The molecule has 2 aromatic carbocycles. The lowest BCUT2D eigenvalue weighted by molar-refractivity contribution is -0.167. The molecule has 1 saturated heterocycles. The summed E-state index contributed by atoms with van der Waals surface area (Å²) in [6.45, 7) is 9.41. The van der Waals surface area contributed by atoms with Crippen molar-refractivity contribution in [2.24, 2.45) is 11.8 Å². The van der Waals surface area contributed by atoms with Gasteiger partial charge in [-0.1, -0.05) is 56.7 Å². The molecule has 8 nitrogen and oxygen atoms in total. The first-order chi connectivity index (χ1) is 19.6. The zero-order valence-electron chi connectivity index (χ0n) is 24.3. The number of anilines is 1. The standard InChI is InChI=1S/C33H38N4O4/c1-6-20(3)33(5)32(41)36-28(24-16-22-11-7-8-12-23(22)17-24)31(40)37(33)29(25-18-34-21(4)15-19(25)2)30(39)35-26-13-9-10-14-27(26)38/h7-15,18,20,24,28-29,38H,6,16-17H2,1-5H3,(H,35,39)(H,36,41)/t20-,28+,29+,33+/m0/s1. The summed E-state index contributed by atoms with van der Waals surface area (Å²) in [5.74, 6) is -1.56. The number of aromatic hydroxyl groups is 1. The van der Waals surface area contributed by atoms with Gasteiger partial charge in [0.2, 0.25) is 11.8 Å². The lowest BCUT2D eigenvalue weighted by Gasteiger charge is -2.52. The molecular formula is C33H38N4O4. The largest absolute Gasteiger partial charge is 0.506 e. The number of pyridine rings is 1. The van der Waals surface area contributed by atoms with E-state index in [0.717, 1.165) is 11.3 Å². The van der Waals surface area contributed by atoms with Crippen LogP contribution in [0.1, 0.15) is 61.2 Å². The number of piperazine rings is 1. The van der Waals surface area contributed by atoms with Crippen LogP contribution in [0.2, 0.25) is 0 Å². The fraction of sp³-hybridized carbons (Fsp3) is 0.394. The van der Waals surface area contributed by atoms with Crippen molar-refractivity contribution in [2.75, 3.05) is 5.32 Å². The molecule has 0 unspecified atom stereocenters. The molecule has 0 radical (unpaired) electrons. The molecule has 214 valence electrons. The Balaban J connectivity index is 1.64. The van der Waals surface area contributed by atoms with Crippen LogP contribution in [0, 0.1) is 25.7 Å². The Hall–Kier alpha value is -4.20. The molecule has 1 fully saturated rings. The van der Waals surface area contributed by atoms with Gasteiger partial charge in [-0.05, 0) is 80.3 Å². The summed E-state index contributed by atoms with van der Waals surface area (Å²) in [6.07, 6.45) is 3.57. The number of amides is 3. The maximum Gasteiger partial charge on any atom is 0.252 e. The molecule has 41 heavy (non-hydrogen) atoms. The molecule has 0 spiro atoms. The van der Waals surface area contributed by atoms with Crippen molar-refractivity contribution >= 4 is 23.4 Å². The van der Waals surface area contributed by atoms with Crippen LogP contribution in [0.25, 0.3) is 0 Å². The minimum Gasteiger partial charge on any atom is -0.506 e. The van der Waals surface area contributed by atoms with Crippen LogP contribution >= 0.6 is 0 Å². The number of para-hydroxylation sites is 2. The van der Waals surface area contributed by atoms with Gasteiger partial charge in [0.1, 0.15) is 23.4 Å². The monoisotopic (exact) mass is 554 g/mol. The fourth-order valence-corrected chi connectivity index (χ4v) is 6.41. The van der Waals surface area contributed by atoms with Gasteiger partial charge in [-0.25, -0.2) is 0 Å². The molecule has 0 saturated carbocycles. The van der Waals surface area contributed by atoms with E-state index in [0.29, 0.717) is 24.8 Å². The predicted molar refractivity (Wildman–Crippen MR) is 157 cm³/mol. The van der Waals surface area contributed by atoms with E-state index >= 15 is 0 Å². The second kappa shape index (κ2) is 11.0. The lowest BCUT2D eigenvalue weighted by atomic mass is 9.76. The van der Waals surface area contributed by atoms with Gasteiger partial charge in [-0.15, -0.1) is 0 Å². The highest BCUT2D eigenvalue weighted by molar-refractivity contribution is 6.05. The summed E-state index contributed by atoms with van der Waals surface area (Å²) in [5, 5.41) is 16.4. The van der Waals surface area contributed by atoms with Gasteiger partial charge in [0, 0.05) is 17.5 Å². The van der Waals surface area contributed by atoms with E-state index in [1.807, 2.05) is 45.9 Å². The van der Waals surface area contributed by atoms with E-state index in [4.69, 9.17) is 0 Å². The third-order valence-electron chi connectivity index (χ3n) is 9.13. The number of fused-ring (bicyclic) bond motifs is 1. The first-order valence-corrected chi connectivity index (χ1v) is 14.3. The lowest BCUT2D eigenvalue weighted by Crippen LogP contribution is -2.74. The number of aromatic nitrogens is 1. The molecule has 1 aliphatic carbocycles. The minimum atomic E-state index is -1.31. The number of carbonyl (C=O) groups is 3. The van der Waals surface area contributed by atoms with Crippen LogP contribution in [-0.4, -0.2) is 44.3 Å². The number of nitrogens with one attached hydrogen (secondary N) is 2. The van der Waals surface area contributed by atoms with E-state index in [-0.39, 0.29) is 35.1 Å². The number of carbonyl (C=O) groups excluding carboxylic acids is 3. The highest BCUT2D eigenvalue weighted by Gasteiger charge is 2.57. The number of hydrogen-bond donors (Lipinski definition) is 3. The molecule has 5 rings (SSSR count). The third kappa shape index (κ3) is 4.96. The zero-order chi connectivity index (χ0) is 29.5. The third-order valence-corrected chi connectivity index (χ3v) is 9.13. The molecule has 3 aromatic rings. The van der Waals surface area contributed by atoms with Crippen LogP contribution in [0.5, 0.6) is 5.75 Å². The van der Waals surface area contributed by atoms with Crippen LogP contribution in [0.3, 0.4) is 0 Å². The maximum atomic E-state index is 14.7. The van der Waals surface area contributed by atoms with E-state index in [9.17, 15) is 19.5 Å². The smallest absolute Gasteiger partial charge is 0.252 e. The summed E-state index contributed by atoms with van der Waals surface area (Å²) < 4.78 is 0. The highest BCUT2D eigenvalue weighted by Crippen LogP contribution is 2.42. The average Bonchev–Trinajstić information content (AvgIpc) is 3.38. The SMILES string of the molecule is CC[C@H](C)[C@]1(C)C(=O)N[C@H](C2Cc3ccccc3C2)C(=O)N1[C@@H](C(=O)Nc1ccccc1O)c1cnc(C)cc1C. The van der Waals surface area contributed by atoms with Crippen molar-refractivity contribution in [3.8, 4) is 5.75 Å². The molecule has 3 N–H and O–H groups in total. The van der Waals surface area contributed by atoms with Crippen LogP contribution < -0.4 is 10.6 Å². The molecule has 1 aliphatic heterocycles. The minimum absolute atomic E-state index is 0.0904. The summed E-state index contributed by atoms with van der Waals surface area (Å²) >= 11 is 0. The first kappa shape index (κ1) is 28.3. The molecular weight excluding hydrogens is 516 g/mol. The predicted octanol–water partition coefficient (Wildman–Crippen LogP) is 4.63. The number of nitrogens with zero attached hydrogens (tertiary/aromatic N) is 2.